The summed E-state index contributed by atoms with van der Waals surface area (Å²) < 4.78 is 6.98. The maximum absolute atomic E-state index is 5.68. The lowest BCUT2D eigenvalue weighted by Crippen LogP contribution is -2.42. The maximum Gasteiger partial charge on any atom is 0.0954 e. The van der Waals surface area contributed by atoms with E-state index in [2.05, 4.69) is 36.5 Å². The van der Waals surface area contributed by atoms with Gasteiger partial charge in [0.15, 0.2) is 0 Å². The minimum Gasteiger partial charge on any atom is -0.381 e. The van der Waals surface area contributed by atoms with Crippen LogP contribution in [0, 0.1) is 5.92 Å². The molecule has 2 aromatic rings. The Balaban J connectivity index is 1.72. The van der Waals surface area contributed by atoms with Gasteiger partial charge in [0, 0.05) is 19.1 Å². The molecule has 1 aromatic heterocycles. The molecule has 0 amide bonds. The maximum atomic E-state index is 5.68. The molecule has 2 heterocycles. The van der Waals surface area contributed by atoms with Crippen LogP contribution in [0.15, 0.2) is 24.3 Å². The van der Waals surface area contributed by atoms with Crippen LogP contribution in [-0.2, 0) is 11.2 Å². The first-order chi connectivity index (χ1) is 10.4. The SMILES string of the molecule is CCCNC(Cc1nc2ccccc2s1)C1CCCOC1. The molecule has 0 bridgehead atoms. The number of aromatic nitrogens is 1. The normalized spacial score (nSPS) is 20.7. The fraction of sp³-hybridized carbons (Fsp3) is 0.588. The first-order valence-corrected chi connectivity index (χ1v) is 8.84. The Hall–Kier alpha value is -0.970. The molecule has 1 aliphatic heterocycles. The average molecular weight is 304 g/mol. The van der Waals surface area contributed by atoms with Gasteiger partial charge < -0.3 is 10.1 Å². The largest absolute Gasteiger partial charge is 0.381 e. The van der Waals surface area contributed by atoms with E-state index >= 15 is 0 Å². The number of nitrogens with one attached hydrogen (secondary N) is 1. The summed E-state index contributed by atoms with van der Waals surface area (Å²) in [6, 6.07) is 8.91. The standard InChI is InChI=1S/C17H24N2OS/c1-2-9-18-15(13-6-5-10-20-12-13)11-17-19-14-7-3-4-8-16(14)21-17/h3-4,7-8,13,15,18H,2,5-6,9-12H2,1H3. The third kappa shape index (κ3) is 3.82. The van der Waals surface area contributed by atoms with E-state index in [9.17, 15) is 0 Å². The number of rotatable bonds is 6. The summed E-state index contributed by atoms with van der Waals surface area (Å²) in [6.07, 6.45) is 4.65. The predicted octanol–water partition coefficient (Wildman–Crippen LogP) is 3.63. The molecule has 4 heteroatoms. The van der Waals surface area contributed by atoms with Gasteiger partial charge in [0.1, 0.15) is 0 Å². The Morgan fingerprint density at radius 3 is 3.10 bits per heavy atom. The van der Waals surface area contributed by atoms with Crippen molar-refractivity contribution in [2.45, 2.75) is 38.6 Å². The molecule has 1 aliphatic rings. The molecule has 3 rings (SSSR count). The first kappa shape index (κ1) is 14.9. The van der Waals surface area contributed by atoms with E-state index in [-0.39, 0.29) is 0 Å². The smallest absolute Gasteiger partial charge is 0.0954 e. The lowest BCUT2D eigenvalue weighted by atomic mass is 9.91. The Labute approximate surface area is 130 Å². The van der Waals surface area contributed by atoms with Crippen molar-refractivity contribution in [1.82, 2.24) is 10.3 Å². The Bertz CT molecular complexity index is 530. The van der Waals surface area contributed by atoms with Crippen LogP contribution in [0.25, 0.3) is 10.2 Å². The van der Waals surface area contributed by atoms with Crippen LogP contribution in [0.3, 0.4) is 0 Å². The molecule has 1 N–H and O–H groups in total. The van der Waals surface area contributed by atoms with Crippen molar-refractivity contribution >= 4 is 21.6 Å². The highest BCUT2D eigenvalue weighted by molar-refractivity contribution is 7.18. The van der Waals surface area contributed by atoms with E-state index in [4.69, 9.17) is 9.72 Å². The summed E-state index contributed by atoms with van der Waals surface area (Å²) in [6.45, 7) is 5.12. The Kier molecular flexibility index (Phi) is 5.22. The van der Waals surface area contributed by atoms with E-state index in [1.807, 2.05) is 11.3 Å². The molecular weight excluding hydrogens is 280 g/mol. The third-order valence-electron chi connectivity index (χ3n) is 4.15. The minimum absolute atomic E-state index is 0.491. The number of thiazole rings is 1. The van der Waals surface area contributed by atoms with Crippen molar-refractivity contribution in [1.29, 1.82) is 0 Å². The van der Waals surface area contributed by atoms with Gasteiger partial charge in [-0.2, -0.15) is 0 Å². The zero-order chi connectivity index (χ0) is 14.5. The van der Waals surface area contributed by atoms with E-state index < -0.39 is 0 Å². The molecule has 0 radical (unpaired) electrons. The average Bonchev–Trinajstić information content (AvgIpc) is 2.94. The van der Waals surface area contributed by atoms with Crippen molar-refractivity contribution in [3.63, 3.8) is 0 Å². The van der Waals surface area contributed by atoms with Crippen LogP contribution in [0.1, 0.15) is 31.2 Å². The molecule has 1 aromatic carbocycles. The second-order valence-corrected chi connectivity index (χ2v) is 6.93. The third-order valence-corrected chi connectivity index (χ3v) is 5.21. The van der Waals surface area contributed by atoms with Gasteiger partial charge in [-0.1, -0.05) is 19.1 Å². The van der Waals surface area contributed by atoms with E-state index in [0.717, 1.165) is 31.7 Å². The Morgan fingerprint density at radius 1 is 1.43 bits per heavy atom. The second-order valence-electron chi connectivity index (χ2n) is 5.82. The molecule has 21 heavy (non-hydrogen) atoms. The molecular formula is C17H24N2OS. The highest BCUT2D eigenvalue weighted by atomic mass is 32.1. The molecule has 2 atom stereocenters. The molecule has 114 valence electrons. The highest BCUT2D eigenvalue weighted by Crippen LogP contribution is 2.26. The van der Waals surface area contributed by atoms with Gasteiger partial charge in [-0.05, 0) is 43.9 Å². The lowest BCUT2D eigenvalue weighted by molar-refractivity contribution is 0.0393. The van der Waals surface area contributed by atoms with Crippen molar-refractivity contribution < 1.29 is 4.74 Å². The van der Waals surface area contributed by atoms with Crippen LogP contribution in [-0.4, -0.2) is 30.8 Å². The number of benzene rings is 1. The van der Waals surface area contributed by atoms with Crippen molar-refractivity contribution in [3.05, 3.63) is 29.3 Å². The summed E-state index contributed by atoms with van der Waals surface area (Å²) in [4.78, 5) is 4.79. The van der Waals surface area contributed by atoms with E-state index in [1.165, 1.54) is 29.0 Å². The predicted molar refractivity (Wildman–Crippen MR) is 88.9 cm³/mol. The molecule has 1 saturated heterocycles. The zero-order valence-electron chi connectivity index (χ0n) is 12.7. The number of fused-ring (bicyclic) bond motifs is 1. The lowest BCUT2D eigenvalue weighted by Gasteiger charge is -2.30. The van der Waals surface area contributed by atoms with Crippen molar-refractivity contribution in [2.75, 3.05) is 19.8 Å². The molecule has 0 spiro atoms. The molecule has 3 nitrogen and oxygen atoms in total. The number of hydrogen-bond donors (Lipinski definition) is 1. The van der Waals surface area contributed by atoms with E-state index in [0.29, 0.717) is 12.0 Å². The van der Waals surface area contributed by atoms with Gasteiger partial charge in [-0.3, -0.25) is 0 Å². The van der Waals surface area contributed by atoms with Crippen molar-refractivity contribution in [3.8, 4) is 0 Å². The summed E-state index contributed by atoms with van der Waals surface area (Å²) in [5, 5.41) is 4.96. The summed E-state index contributed by atoms with van der Waals surface area (Å²) in [5.74, 6) is 0.623. The summed E-state index contributed by atoms with van der Waals surface area (Å²) >= 11 is 1.83. The molecule has 2 unspecified atom stereocenters. The summed E-state index contributed by atoms with van der Waals surface area (Å²) in [5.41, 5.74) is 1.13. The number of nitrogens with zero attached hydrogens (tertiary/aromatic N) is 1. The zero-order valence-corrected chi connectivity index (χ0v) is 13.5. The van der Waals surface area contributed by atoms with Gasteiger partial charge in [-0.25, -0.2) is 4.98 Å². The van der Waals surface area contributed by atoms with E-state index in [1.54, 1.807) is 0 Å². The van der Waals surface area contributed by atoms with Gasteiger partial charge in [0.25, 0.3) is 0 Å². The van der Waals surface area contributed by atoms with Crippen molar-refractivity contribution in [2.24, 2.45) is 5.92 Å². The van der Waals surface area contributed by atoms with Crippen LogP contribution in [0.5, 0.6) is 0 Å². The highest BCUT2D eigenvalue weighted by Gasteiger charge is 2.25. The number of para-hydroxylation sites is 1. The quantitative estimate of drug-likeness (QED) is 0.885. The number of hydrogen-bond acceptors (Lipinski definition) is 4. The van der Waals surface area contributed by atoms with Crippen LogP contribution >= 0.6 is 11.3 Å². The first-order valence-electron chi connectivity index (χ1n) is 8.02. The number of ether oxygens (including phenoxy) is 1. The van der Waals surface area contributed by atoms with Crippen LogP contribution in [0.2, 0.25) is 0 Å². The molecule has 1 fully saturated rings. The van der Waals surface area contributed by atoms with Gasteiger partial charge in [-0.15, -0.1) is 11.3 Å². The van der Waals surface area contributed by atoms with Gasteiger partial charge in [0.05, 0.1) is 21.8 Å². The van der Waals surface area contributed by atoms with Gasteiger partial charge >= 0.3 is 0 Å². The molecule has 0 aliphatic carbocycles. The van der Waals surface area contributed by atoms with Crippen LogP contribution < -0.4 is 5.32 Å². The second kappa shape index (κ2) is 7.34. The topological polar surface area (TPSA) is 34.2 Å². The van der Waals surface area contributed by atoms with Crippen LogP contribution in [0.4, 0.5) is 0 Å². The summed E-state index contributed by atoms with van der Waals surface area (Å²) in [7, 11) is 0. The molecule has 0 saturated carbocycles. The van der Waals surface area contributed by atoms with Gasteiger partial charge in [0.2, 0.25) is 0 Å². The minimum atomic E-state index is 0.491. The Morgan fingerprint density at radius 2 is 2.33 bits per heavy atom. The monoisotopic (exact) mass is 304 g/mol. The fourth-order valence-corrected chi connectivity index (χ4v) is 4.04. The fourth-order valence-electron chi connectivity index (χ4n) is 3.01.